The van der Waals surface area contributed by atoms with Gasteiger partial charge in [0.05, 0.1) is 13.1 Å². The summed E-state index contributed by atoms with van der Waals surface area (Å²) in [4.78, 5) is 13.5. The van der Waals surface area contributed by atoms with Crippen LogP contribution in [0, 0.1) is 6.92 Å². The second-order valence-corrected chi connectivity index (χ2v) is 4.62. The second-order valence-electron chi connectivity index (χ2n) is 4.62. The van der Waals surface area contributed by atoms with Crippen LogP contribution in [0.5, 0.6) is 5.75 Å². The molecule has 0 bridgehead atoms. The highest BCUT2D eigenvalue weighted by molar-refractivity contribution is 5.78. The summed E-state index contributed by atoms with van der Waals surface area (Å²) in [5, 5.41) is 0. The van der Waals surface area contributed by atoms with Gasteiger partial charge in [-0.25, -0.2) is 0 Å². The van der Waals surface area contributed by atoms with Crippen molar-refractivity contribution in [2.75, 3.05) is 13.1 Å². The summed E-state index contributed by atoms with van der Waals surface area (Å²) in [5.41, 5.74) is 1.22. The molecular weight excluding hydrogens is 226 g/mol. The Morgan fingerprint density at radius 2 is 2.06 bits per heavy atom. The van der Waals surface area contributed by atoms with E-state index in [-0.39, 0.29) is 12.0 Å². The SMILES string of the molecule is CC=CCC(=O)N1CC(Oc2ccc(C)cc2)C1. The standard InChI is InChI=1S/C15H19NO2/c1-3-4-5-15(17)16-10-14(11-16)18-13-8-6-12(2)7-9-13/h3-4,6-9,14H,5,10-11H2,1-2H3. The Labute approximate surface area is 108 Å². The van der Waals surface area contributed by atoms with Gasteiger partial charge in [-0.15, -0.1) is 0 Å². The molecule has 0 N–H and O–H groups in total. The minimum absolute atomic E-state index is 0.141. The van der Waals surface area contributed by atoms with Gasteiger partial charge in [-0.3, -0.25) is 4.79 Å². The normalized spacial score (nSPS) is 15.8. The van der Waals surface area contributed by atoms with E-state index >= 15 is 0 Å². The molecule has 1 amide bonds. The Morgan fingerprint density at radius 3 is 2.67 bits per heavy atom. The highest BCUT2D eigenvalue weighted by Gasteiger charge is 2.31. The zero-order chi connectivity index (χ0) is 13.0. The Kier molecular flexibility index (Phi) is 4.03. The topological polar surface area (TPSA) is 29.5 Å². The van der Waals surface area contributed by atoms with E-state index in [2.05, 4.69) is 6.92 Å². The molecule has 3 heteroatoms. The highest BCUT2D eigenvalue weighted by Crippen LogP contribution is 2.19. The zero-order valence-corrected chi connectivity index (χ0v) is 10.9. The summed E-state index contributed by atoms with van der Waals surface area (Å²) in [7, 11) is 0. The molecule has 2 rings (SSSR count). The van der Waals surface area contributed by atoms with Gasteiger partial charge in [-0.1, -0.05) is 29.8 Å². The average Bonchev–Trinajstić information content (AvgIpc) is 2.32. The Bertz CT molecular complexity index is 430. The number of amides is 1. The summed E-state index contributed by atoms with van der Waals surface area (Å²) in [5.74, 6) is 1.06. The molecule has 3 nitrogen and oxygen atoms in total. The number of hydrogen-bond acceptors (Lipinski definition) is 2. The molecule has 1 aromatic carbocycles. The van der Waals surface area contributed by atoms with Crippen LogP contribution >= 0.6 is 0 Å². The van der Waals surface area contributed by atoms with Crippen LogP contribution in [0.2, 0.25) is 0 Å². The van der Waals surface area contributed by atoms with Gasteiger partial charge >= 0.3 is 0 Å². The molecule has 0 unspecified atom stereocenters. The van der Waals surface area contributed by atoms with E-state index in [1.54, 1.807) is 0 Å². The maximum absolute atomic E-state index is 11.6. The van der Waals surface area contributed by atoms with E-state index in [1.165, 1.54) is 5.56 Å². The maximum atomic E-state index is 11.6. The first-order valence-corrected chi connectivity index (χ1v) is 6.31. The van der Waals surface area contributed by atoms with Crippen molar-refractivity contribution in [3.05, 3.63) is 42.0 Å². The number of hydrogen-bond donors (Lipinski definition) is 0. The predicted molar refractivity (Wildman–Crippen MR) is 71.6 cm³/mol. The van der Waals surface area contributed by atoms with E-state index in [1.807, 2.05) is 48.2 Å². The number of carbonyl (C=O) groups excluding carboxylic acids is 1. The minimum Gasteiger partial charge on any atom is -0.487 e. The van der Waals surface area contributed by atoms with Crippen LogP contribution in [0.25, 0.3) is 0 Å². The van der Waals surface area contributed by atoms with Crippen molar-refractivity contribution < 1.29 is 9.53 Å². The third kappa shape index (κ3) is 3.13. The molecule has 1 heterocycles. The summed E-state index contributed by atoms with van der Waals surface area (Å²) >= 11 is 0. The number of carbonyl (C=O) groups is 1. The summed E-state index contributed by atoms with van der Waals surface area (Å²) < 4.78 is 5.78. The first-order chi connectivity index (χ1) is 8.69. The minimum atomic E-state index is 0.141. The number of ether oxygens (including phenoxy) is 1. The van der Waals surface area contributed by atoms with Crippen molar-refractivity contribution in [2.45, 2.75) is 26.4 Å². The largest absolute Gasteiger partial charge is 0.487 e. The van der Waals surface area contributed by atoms with E-state index in [4.69, 9.17) is 4.74 Å². The van der Waals surface area contributed by atoms with Crippen molar-refractivity contribution in [3.63, 3.8) is 0 Å². The smallest absolute Gasteiger partial charge is 0.226 e. The monoisotopic (exact) mass is 245 g/mol. The molecule has 1 fully saturated rings. The molecule has 0 aliphatic carbocycles. The van der Waals surface area contributed by atoms with Gasteiger partial charge in [0, 0.05) is 6.42 Å². The summed E-state index contributed by atoms with van der Waals surface area (Å²) in [6.07, 6.45) is 4.42. The number of likely N-dealkylation sites (tertiary alicyclic amines) is 1. The van der Waals surface area contributed by atoms with Crippen LogP contribution in [0.1, 0.15) is 18.9 Å². The Hall–Kier alpha value is -1.77. The van der Waals surface area contributed by atoms with Crippen molar-refractivity contribution in [3.8, 4) is 5.75 Å². The number of benzene rings is 1. The molecule has 0 saturated carbocycles. The molecular formula is C15H19NO2. The molecule has 1 aromatic rings. The van der Waals surface area contributed by atoms with Crippen molar-refractivity contribution in [1.82, 2.24) is 4.90 Å². The quantitative estimate of drug-likeness (QED) is 0.763. The predicted octanol–water partition coefficient (Wildman–Crippen LogP) is 2.55. The van der Waals surface area contributed by atoms with Crippen molar-refractivity contribution >= 4 is 5.91 Å². The molecule has 0 spiro atoms. The number of allylic oxidation sites excluding steroid dienone is 1. The fraction of sp³-hybridized carbons (Fsp3) is 0.400. The maximum Gasteiger partial charge on any atom is 0.226 e. The molecule has 1 saturated heterocycles. The van der Waals surface area contributed by atoms with Crippen LogP contribution in [0.4, 0.5) is 0 Å². The van der Waals surface area contributed by atoms with Crippen LogP contribution in [-0.4, -0.2) is 30.0 Å². The molecule has 18 heavy (non-hydrogen) atoms. The fourth-order valence-corrected chi connectivity index (χ4v) is 1.87. The van der Waals surface area contributed by atoms with Crippen molar-refractivity contribution in [2.24, 2.45) is 0 Å². The van der Waals surface area contributed by atoms with Crippen LogP contribution in [-0.2, 0) is 4.79 Å². The van der Waals surface area contributed by atoms with Crippen molar-refractivity contribution in [1.29, 1.82) is 0 Å². The van der Waals surface area contributed by atoms with Crippen LogP contribution in [0.15, 0.2) is 36.4 Å². The molecule has 1 aliphatic rings. The van der Waals surface area contributed by atoms with E-state index < -0.39 is 0 Å². The van der Waals surface area contributed by atoms with Crippen LogP contribution in [0.3, 0.4) is 0 Å². The first kappa shape index (κ1) is 12.7. The third-order valence-corrected chi connectivity index (χ3v) is 3.05. The lowest BCUT2D eigenvalue weighted by Gasteiger charge is -2.38. The van der Waals surface area contributed by atoms with Crippen LogP contribution < -0.4 is 4.74 Å². The average molecular weight is 245 g/mol. The van der Waals surface area contributed by atoms with Gasteiger partial charge in [-0.2, -0.15) is 0 Å². The number of aryl methyl sites for hydroxylation is 1. The van der Waals surface area contributed by atoms with Gasteiger partial charge in [0.25, 0.3) is 0 Å². The Balaban J connectivity index is 1.76. The van der Waals surface area contributed by atoms with Gasteiger partial charge in [0.2, 0.25) is 5.91 Å². The lowest BCUT2D eigenvalue weighted by molar-refractivity contribution is -0.139. The first-order valence-electron chi connectivity index (χ1n) is 6.31. The molecule has 0 atom stereocenters. The second kappa shape index (κ2) is 5.71. The molecule has 0 radical (unpaired) electrons. The highest BCUT2D eigenvalue weighted by atomic mass is 16.5. The van der Waals surface area contributed by atoms with Gasteiger partial charge in [0.1, 0.15) is 11.9 Å². The van der Waals surface area contributed by atoms with Gasteiger partial charge in [0.15, 0.2) is 0 Å². The Morgan fingerprint density at radius 1 is 1.39 bits per heavy atom. The molecule has 0 aromatic heterocycles. The van der Waals surface area contributed by atoms with E-state index in [9.17, 15) is 4.79 Å². The van der Waals surface area contributed by atoms with Gasteiger partial charge < -0.3 is 9.64 Å². The molecule has 1 aliphatic heterocycles. The zero-order valence-electron chi connectivity index (χ0n) is 10.9. The number of rotatable bonds is 4. The van der Waals surface area contributed by atoms with Gasteiger partial charge in [-0.05, 0) is 26.0 Å². The fourth-order valence-electron chi connectivity index (χ4n) is 1.87. The van der Waals surface area contributed by atoms with E-state index in [0.29, 0.717) is 19.5 Å². The number of nitrogens with zero attached hydrogens (tertiary/aromatic N) is 1. The molecule has 96 valence electrons. The third-order valence-electron chi connectivity index (χ3n) is 3.05. The lowest BCUT2D eigenvalue weighted by Crippen LogP contribution is -2.56. The summed E-state index contributed by atoms with van der Waals surface area (Å²) in [6.45, 7) is 5.37. The summed E-state index contributed by atoms with van der Waals surface area (Å²) in [6, 6.07) is 8.01. The lowest BCUT2D eigenvalue weighted by atomic mass is 10.1. The van der Waals surface area contributed by atoms with E-state index in [0.717, 1.165) is 5.75 Å².